The normalized spacial score (nSPS) is 27.8. The van der Waals surface area contributed by atoms with Crippen molar-refractivity contribution < 1.29 is 0 Å². The highest BCUT2D eigenvalue weighted by Gasteiger charge is 2.21. The Morgan fingerprint density at radius 2 is 1.92 bits per heavy atom. The molecular weight excluding hydrogens is 158 g/mol. The Kier molecular flexibility index (Phi) is 2.65. The molecular formula is C12H17N. The number of nitrogens with two attached hydrogens (primary N) is 1. The van der Waals surface area contributed by atoms with Gasteiger partial charge in [0.1, 0.15) is 0 Å². The molecule has 2 N–H and O–H groups in total. The number of hydrogen-bond acceptors (Lipinski definition) is 1. The molecule has 13 heavy (non-hydrogen) atoms. The topological polar surface area (TPSA) is 26.0 Å². The third-order valence-corrected chi connectivity index (χ3v) is 2.95. The zero-order valence-electron chi connectivity index (χ0n) is 7.95. The SMILES string of the molecule is N[C@@H]1CC[C@@H](Cc2ccccc2)C1. The van der Waals surface area contributed by atoms with E-state index in [4.69, 9.17) is 5.73 Å². The van der Waals surface area contributed by atoms with Gasteiger partial charge in [-0.25, -0.2) is 0 Å². The Labute approximate surface area is 80.0 Å². The molecule has 0 spiro atoms. The highest BCUT2D eigenvalue weighted by Crippen LogP contribution is 2.27. The Hall–Kier alpha value is -0.820. The predicted octanol–water partition coefficient (Wildman–Crippen LogP) is 2.36. The molecule has 0 bridgehead atoms. The van der Waals surface area contributed by atoms with E-state index in [0.29, 0.717) is 6.04 Å². The van der Waals surface area contributed by atoms with Crippen molar-refractivity contribution in [1.82, 2.24) is 0 Å². The van der Waals surface area contributed by atoms with E-state index in [-0.39, 0.29) is 0 Å². The van der Waals surface area contributed by atoms with Gasteiger partial charge in [-0.15, -0.1) is 0 Å². The molecule has 1 saturated carbocycles. The van der Waals surface area contributed by atoms with Crippen molar-refractivity contribution in [3.05, 3.63) is 35.9 Å². The smallest absolute Gasteiger partial charge is 0.00416 e. The highest BCUT2D eigenvalue weighted by molar-refractivity contribution is 5.15. The summed E-state index contributed by atoms with van der Waals surface area (Å²) in [6.07, 6.45) is 4.97. The second-order valence-electron chi connectivity index (χ2n) is 4.13. The lowest BCUT2D eigenvalue weighted by molar-refractivity contribution is 0.535. The van der Waals surface area contributed by atoms with Gasteiger partial charge in [-0.3, -0.25) is 0 Å². The molecule has 0 amide bonds. The number of rotatable bonds is 2. The first-order valence-electron chi connectivity index (χ1n) is 5.14. The Morgan fingerprint density at radius 3 is 2.54 bits per heavy atom. The zero-order chi connectivity index (χ0) is 9.10. The van der Waals surface area contributed by atoms with Crippen LogP contribution in [0.25, 0.3) is 0 Å². The van der Waals surface area contributed by atoms with Crippen LogP contribution in [0, 0.1) is 5.92 Å². The maximum Gasteiger partial charge on any atom is 0.00416 e. The van der Waals surface area contributed by atoms with Crippen molar-refractivity contribution in [2.75, 3.05) is 0 Å². The van der Waals surface area contributed by atoms with Gasteiger partial charge in [-0.2, -0.15) is 0 Å². The van der Waals surface area contributed by atoms with E-state index < -0.39 is 0 Å². The van der Waals surface area contributed by atoms with Gasteiger partial charge in [0, 0.05) is 6.04 Å². The van der Waals surface area contributed by atoms with Crippen molar-refractivity contribution in [2.45, 2.75) is 31.7 Å². The molecule has 2 atom stereocenters. The van der Waals surface area contributed by atoms with Gasteiger partial charge in [0.05, 0.1) is 0 Å². The number of hydrogen-bond donors (Lipinski definition) is 1. The van der Waals surface area contributed by atoms with Crippen LogP contribution in [0.3, 0.4) is 0 Å². The van der Waals surface area contributed by atoms with Gasteiger partial charge in [-0.05, 0) is 37.2 Å². The molecule has 1 aliphatic rings. The minimum Gasteiger partial charge on any atom is -0.328 e. The van der Waals surface area contributed by atoms with E-state index in [1.807, 2.05) is 0 Å². The van der Waals surface area contributed by atoms with Crippen molar-refractivity contribution in [1.29, 1.82) is 0 Å². The van der Waals surface area contributed by atoms with Crippen molar-refractivity contribution in [2.24, 2.45) is 11.7 Å². The number of benzene rings is 1. The second kappa shape index (κ2) is 3.93. The van der Waals surface area contributed by atoms with Gasteiger partial charge in [0.2, 0.25) is 0 Å². The predicted molar refractivity (Wildman–Crippen MR) is 55.5 cm³/mol. The molecule has 1 fully saturated rings. The summed E-state index contributed by atoms with van der Waals surface area (Å²) in [5.41, 5.74) is 7.34. The average molecular weight is 175 g/mol. The lowest BCUT2D eigenvalue weighted by atomic mass is 9.98. The molecule has 0 aromatic heterocycles. The fourth-order valence-corrected chi connectivity index (χ4v) is 2.25. The van der Waals surface area contributed by atoms with Gasteiger partial charge in [0.25, 0.3) is 0 Å². The Bertz CT molecular complexity index is 255. The molecule has 0 heterocycles. The Morgan fingerprint density at radius 1 is 1.15 bits per heavy atom. The summed E-state index contributed by atoms with van der Waals surface area (Å²) in [5, 5.41) is 0. The van der Waals surface area contributed by atoms with Crippen LogP contribution in [0.1, 0.15) is 24.8 Å². The summed E-state index contributed by atoms with van der Waals surface area (Å²) in [6.45, 7) is 0. The quantitative estimate of drug-likeness (QED) is 0.733. The van der Waals surface area contributed by atoms with Crippen LogP contribution in [-0.4, -0.2) is 6.04 Å². The van der Waals surface area contributed by atoms with E-state index in [0.717, 1.165) is 5.92 Å². The van der Waals surface area contributed by atoms with Gasteiger partial charge >= 0.3 is 0 Å². The van der Waals surface area contributed by atoms with Crippen LogP contribution >= 0.6 is 0 Å². The lowest BCUT2D eigenvalue weighted by Gasteiger charge is -2.08. The third kappa shape index (κ3) is 2.31. The standard InChI is InChI=1S/C12H17N/c13-12-7-6-11(9-12)8-10-4-2-1-3-5-10/h1-5,11-12H,6-9,13H2/t11-,12+/m0/s1. The van der Waals surface area contributed by atoms with Crippen LogP contribution in [0.15, 0.2) is 30.3 Å². The molecule has 0 radical (unpaired) electrons. The lowest BCUT2D eigenvalue weighted by Crippen LogP contribution is -2.15. The average Bonchev–Trinajstić information content (AvgIpc) is 2.53. The first-order valence-corrected chi connectivity index (χ1v) is 5.14. The third-order valence-electron chi connectivity index (χ3n) is 2.95. The van der Waals surface area contributed by atoms with E-state index >= 15 is 0 Å². The van der Waals surface area contributed by atoms with Crippen LogP contribution < -0.4 is 5.73 Å². The Balaban J connectivity index is 1.92. The van der Waals surface area contributed by atoms with Crippen molar-refractivity contribution in [3.8, 4) is 0 Å². The van der Waals surface area contributed by atoms with Crippen LogP contribution in [0.2, 0.25) is 0 Å². The molecule has 1 aliphatic carbocycles. The van der Waals surface area contributed by atoms with Crippen molar-refractivity contribution >= 4 is 0 Å². The summed E-state index contributed by atoms with van der Waals surface area (Å²) in [6, 6.07) is 11.2. The molecule has 0 unspecified atom stereocenters. The summed E-state index contributed by atoms with van der Waals surface area (Å²) in [5.74, 6) is 0.831. The van der Waals surface area contributed by atoms with Crippen LogP contribution in [0.4, 0.5) is 0 Å². The largest absolute Gasteiger partial charge is 0.328 e. The van der Waals surface area contributed by atoms with Crippen molar-refractivity contribution in [3.63, 3.8) is 0 Å². The van der Waals surface area contributed by atoms with E-state index in [2.05, 4.69) is 30.3 Å². The minimum atomic E-state index is 0.466. The first kappa shape index (κ1) is 8.76. The minimum absolute atomic E-state index is 0.466. The monoisotopic (exact) mass is 175 g/mol. The summed E-state index contributed by atoms with van der Waals surface area (Å²) < 4.78 is 0. The molecule has 1 heteroatoms. The van der Waals surface area contributed by atoms with Gasteiger partial charge in [-0.1, -0.05) is 30.3 Å². The molecule has 0 saturated heterocycles. The summed E-state index contributed by atoms with van der Waals surface area (Å²) in [7, 11) is 0. The van der Waals surface area contributed by atoms with Crippen LogP contribution in [-0.2, 0) is 6.42 Å². The second-order valence-corrected chi connectivity index (χ2v) is 4.13. The summed E-state index contributed by atoms with van der Waals surface area (Å²) >= 11 is 0. The maximum absolute atomic E-state index is 5.88. The highest BCUT2D eigenvalue weighted by atomic mass is 14.6. The van der Waals surface area contributed by atoms with E-state index in [1.54, 1.807) is 0 Å². The van der Waals surface area contributed by atoms with Gasteiger partial charge < -0.3 is 5.73 Å². The summed E-state index contributed by atoms with van der Waals surface area (Å²) in [4.78, 5) is 0. The maximum atomic E-state index is 5.88. The first-order chi connectivity index (χ1) is 6.34. The molecule has 2 rings (SSSR count). The fourth-order valence-electron chi connectivity index (χ4n) is 2.25. The van der Waals surface area contributed by atoms with Crippen LogP contribution in [0.5, 0.6) is 0 Å². The molecule has 1 aromatic carbocycles. The van der Waals surface area contributed by atoms with E-state index in [9.17, 15) is 0 Å². The molecule has 1 aromatic rings. The molecule has 0 aliphatic heterocycles. The molecule has 1 nitrogen and oxygen atoms in total. The fraction of sp³-hybridized carbons (Fsp3) is 0.500. The zero-order valence-corrected chi connectivity index (χ0v) is 7.95. The van der Waals surface area contributed by atoms with Gasteiger partial charge in [0.15, 0.2) is 0 Å². The van der Waals surface area contributed by atoms with E-state index in [1.165, 1.54) is 31.2 Å². The molecule has 70 valence electrons.